The van der Waals surface area contributed by atoms with Crippen LogP contribution in [0.5, 0.6) is 0 Å². The summed E-state index contributed by atoms with van der Waals surface area (Å²) < 4.78 is 11.7. The van der Waals surface area contributed by atoms with Crippen LogP contribution in [-0.4, -0.2) is 21.6 Å². The normalized spacial score (nSPS) is 12.4. The van der Waals surface area contributed by atoms with Crippen molar-refractivity contribution in [3.05, 3.63) is 22.2 Å². The molecule has 1 amide bonds. The Balaban J connectivity index is 2.61. The molecule has 0 aromatic heterocycles. The Hall–Kier alpha value is -0.780. The third kappa shape index (κ3) is 5.69. The highest BCUT2D eigenvalue weighted by atomic mass is 35.5. The Labute approximate surface area is 131 Å². The predicted octanol–water partition coefficient (Wildman–Crippen LogP) is 3.31. The molecule has 20 heavy (non-hydrogen) atoms. The molecule has 0 heterocycles. The topological polar surface area (TPSA) is 72.2 Å². The van der Waals surface area contributed by atoms with Gasteiger partial charge in [-0.3, -0.25) is 9.00 Å². The van der Waals surface area contributed by atoms with Gasteiger partial charge in [0.15, 0.2) is 0 Å². The van der Waals surface area contributed by atoms with E-state index in [-0.39, 0.29) is 21.7 Å². The van der Waals surface area contributed by atoms with Crippen LogP contribution in [0.25, 0.3) is 0 Å². The van der Waals surface area contributed by atoms with E-state index in [4.69, 9.17) is 28.9 Å². The van der Waals surface area contributed by atoms with Crippen molar-refractivity contribution in [1.29, 1.82) is 0 Å². The van der Waals surface area contributed by atoms with Crippen molar-refractivity contribution >= 4 is 51.3 Å². The van der Waals surface area contributed by atoms with Crippen LogP contribution >= 0.6 is 23.2 Å². The largest absolute Gasteiger partial charge is 0.399 e. The second-order valence-electron chi connectivity index (χ2n) is 4.88. The van der Waals surface area contributed by atoms with E-state index in [2.05, 4.69) is 5.32 Å². The lowest BCUT2D eigenvalue weighted by atomic mass is 10.2. The van der Waals surface area contributed by atoms with Gasteiger partial charge < -0.3 is 11.1 Å². The number of halogens is 2. The number of hydrogen-bond acceptors (Lipinski definition) is 3. The van der Waals surface area contributed by atoms with Crippen LogP contribution in [0.15, 0.2) is 12.1 Å². The average Bonchev–Trinajstić information content (AvgIpc) is 2.31. The Morgan fingerprint density at radius 2 is 1.90 bits per heavy atom. The van der Waals surface area contributed by atoms with Gasteiger partial charge in [-0.15, -0.1) is 0 Å². The van der Waals surface area contributed by atoms with Gasteiger partial charge >= 0.3 is 0 Å². The van der Waals surface area contributed by atoms with Crippen molar-refractivity contribution in [2.45, 2.75) is 20.3 Å². The number of nitrogens with one attached hydrogen (secondary N) is 1. The fraction of sp³-hybridized carbons (Fsp3) is 0.462. The number of hydrogen-bond donors (Lipinski definition) is 2. The molecule has 1 aromatic rings. The summed E-state index contributed by atoms with van der Waals surface area (Å²) in [7, 11) is -1.18. The molecular weight excluding hydrogens is 319 g/mol. The molecule has 1 unspecified atom stereocenters. The quantitative estimate of drug-likeness (QED) is 0.782. The number of benzene rings is 1. The minimum absolute atomic E-state index is 0.0657. The number of amides is 1. The number of carbonyl (C=O) groups excluding carboxylic acids is 1. The van der Waals surface area contributed by atoms with Gasteiger partial charge in [0.2, 0.25) is 5.91 Å². The maximum absolute atomic E-state index is 11.8. The number of nitrogens with two attached hydrogens (primary N) is 1. The maximum Gasteiger partial charge on any atom is 0.237 e. The highest BCUT2D eigenvalue weighted by Crippen LogP contribution is 2.32. The molecule has 1 aromatic carbocycles. The second kappa shape index (κ2) is 7.86. The summed E-state index contributed by atoms with van der Waals surface area (Å²) in [6, 6.07) is 3.00. The summed E-state index contributed by atoms with van der Waals surface area (Å²) in [6.07, 6.45) is 0.823. The van der Waals surface area contributed by atoms with Gasteiger partial charge in [0.25, 0.3) is 0 Å². The minimum atomic E-state index is -1.18. The van der Waals surface area contributed by atoms with Crippen molar-refractivity contribution in [3.63, 3.8) is 0 Å². The number of anilines is 2. The highest BCUT2D eigenvalue weighted by Gasteiger charge is 2.13. The molecule has 112 valence electrons. The highest BCUT2D eigenvalue weighted by molar-refractivity contribution is 7.85. The third-order valence-electron chi connectivity index (χ3n) is 2.54. The monoisotopic (exact) mass is 336 g/mol. The van der Waals surface area contributed by atoms with Gasteiger partial charge in [-0.2, -0.15) is 0 Å². The van der Waals surface area contributed by atoms with E-state index >= 15 is 0 Å². The molecule has 0 radical (unpaired) electrons. The van der Waals surface area contributed by atoms with Gasteiger partial charge in [0.05, 0.1) is 15.7 Å². The van der Waals surface area contributed by atoms with Gasteiger partial charge in [0.1, 0.15) is 5.75 Å². The van der Waals surface area contributed by atoms with E-state index in [0.717, 1.165) is 6.42 Å². The molecule has 4 nitrogen and oxygen atoms in total. The summed E-state index contributed by atoms with van der Waals surface area (Å²) in [6.45, 7) is 4.09. The van der Waals surface area contributed by atoms with E-state index in [9.17, 15) is 9.00 Å². The summed E-state index contributed by atoms with van der Waals surface area (Å²) in [4.78, 5) is 11.8. The van der Waals surface area contributed by atoms with Crippen molar-refractivity contribution < 1.29 is 9.00 Å². The van der Waals surface area contributed by atoms with E-state index in [1.807, 2.05) is 13.8 Å². The molecule has 0 aliphatic rings. The molecule has 0 aliphatic carbocycles. The first kappa shape index (κ1) is 17.3. The first-order chi connectivity index (χ1) is 9.29. The summed E-state index contributed by atoms with van der Waals surface area (Å²) in [5, 5.41) is 3.09. The van der Waals surface area contributed by atoms with Crippen molar-refractivity contribution in [2.75, 3.05) is 22.6 Å². The second-order valence-corrected chi connectivity index (χ2v) is 7.27. The van der Waals surface area contributed by atoms with Gasteiger partial charge in [-0.1, -0.05) is 37.0 Å². The molecule has 0 saturated carbocycles. The van der Waals surface area contributed by atoms with Gasteiger partial charge in [-0.05, 0) is 24.5 Å². The SMILES string of the molecule is CC(C)CCS(=O)CC(=O)Nc1c(Cl)cc(N)cc1Cl. The van der Waals surface area contributed by atoms with Crippen molar-refractivity contribution in [2.24, 2.45) is 5.92 Å². The number of nitrogen functional groups attached to an aromatic ring is 1. The number of rotatable bonds is 6. The molecule has 0 aliphatic heterocycles. The molecule has 0 bridgehead atoms. The van der Waals surface area contributed by atoms with Crippen LogP contribution in [0, 0.1) is 5.92 Å². The summed E-state index contributed by atoms with van der Waals surface area (Å²) in [5.74, 6) is 0.529. The van der Waals surface area contributed by atoms with Gasteiger partial charge in [-0.25, -0.2) is 0 Å². The molecule has 1 rings (SSSR count). The fourth-order valence-electron chi connectivity index (χ4n) is 1.47. The third-order valence-corrected chi connectivity index (χ3v) is 4.42. The first-order valence-electron chi connectivity index (χ1n) is 6.19. The zero-order chi connectivity index (χ0) is 15.3. The van der Waals surface area contributed by atoms with Crippen LogP contribution in [0.1, 0.15) is 20.3 Å². The standard InChI is InChI=1S/C13H18Cl2N2O2S/c1-8(2)3-4-20(19)7-12(18)17-13-10(14)5-9(16)6-11(13)15/h5-6,8H,3-4,7,16H2,1-2H3,(H,17,18). The Morgan fingerprint density at radius 3 is 2.40 bits per heavy atom. The molecule has 0 spiro atoms. The molecule has 1 atom stereocenters. The van der Waals surface area contributed by atoms with E-state index in [0.29, 0.717) is 23.0 Å². The first-order valence-corrected chi connectivity index (χ1v) is 8.43. The van der Waals surface area contributed by atoms with E-state index < -0.39 is 10.8 Å². The molecule has 3 N–H and O–H groups in total. The summed E-state index contributed by atoms with van der Waals surface area (Å²) >= 11 is 11.9. The maximum atomic E-state index is 11.8. The Kier molecular flexibility index (Phi) is 6.79. The van der Waals surface area contributed by atoms with Gasteiger partial charge in [0, 0.05) is 22.2 Å². The zero-order valence-corrected chi connectivity index (χ0v) is 13.7. The lowest BCUT2D eigenvalue weighted by molar-refractivity contribution is -0.113. The molecule has 7 heteroatoms. The molecule has 0 saturated heterocycles. The van der Waals surface area contributed by atoms with Crippen molar-refractivity contribution in [3.8, 4) is 0 Å². The average molecular weight is 337 g/mol. The molecule has 0 fully saturated rings. The van der Waals surface area contributed by atoms with Crippen LogP contribution in [0.2, 0.25) is 10.0 Å². The van der Waals surface area contributed by atoms with E-state index in [1.165, 1.54) is 12.1 Å². The fourth-order valence-corrected chi connectivity index (χ4v) is 3.31. The number of carbonyl (C=O) groups is 1. The van der Waals surface area contributed by atoms with Crippen LogP contribution in [0.3, 0.4) is 0 Å². The predicted molar refractivity (Wildman–Crippen MR) is 86.8 cm³/mol. The zero-order valence-electron chi connectivity index (χ0n) is 11.4. The smallest absolute Gasteiger partial charge is 0.237 e. The molecular formula is C13H18Cl2N2O2S. The van der Waals surface area contributed by atoms with Crippen LogP contribution < -0.4 is 11.1 Å². The summed E-state index contributed by atoms with van der Waals surface area (Å²) in [5.41, 5.74) is 6.29. The Bertz CT molecular complexity index is 498. The van der Waals surface area contributed by atoms with E-state index in [1.54, 1.807) is 0 Å². The van der Waals surface area contributed by atoms with Crippen LogP contribution in [-0.2, 0) is 15.6 Å². The van der Waals surface area contributed by atoms with Crippen LogP contribution in [0.4, 0.5) is 11.4 Å². The lowest BCUT2D eigenvalue weighted by Gasteiger charge is -2.10. The minimum Gasteiger partial charge on any atom is -0.399 e. The lowest BCUT2D eigenvalue weighted by Crippen LogP contribution is -2.21. The Morgan fingerprint density at radius 1 is 1.35 bits per heavy atom. The van der Waals surface area contributed by atoms with Crippen molar-refractivity contribution in [1.82, 2.24) is 0 Å².